The number of ether oxygens (including phenoxy) is 1. The Morgan fingerprint density at radius 2 is 1.92 bits per heavy atom. The van der Waals surface area contributed by atoms with Crippen LogP contribution < -0.4 is 4.74 Å². The fourth-order valence-corrected chi connectivity index (χ4v) is 2.82. The molecule has 1 atom stereocenters. The number of amides is 1. The zero-order valence-electron chi connectivity index (χ0n) is 15.0. The van der Waals surface area contributed by atoms with Crippen molar-refractivity contribution in [3.63, 3.8) is 0 Å². The second-order valence-corrected chi connectivity index (χ2v) is 5.91. The number of aryl methyl sites for hydroxylation is 2. The van der Waals surface area contributed by atoms with Gasteiger partial charge in [0.2, 0.25) is 0 Å². The van der Waals surface area contributed by atoms with Gasteiger partial charge in [-0.15, -0.1) is 0 Å². The van der Waals surface area contributed by atoms with E-state index in [0.29, 0.717) is 17.9 Å². The first-order valence-electron chi connectivity index (χ1n) is 8.20. The van der Waals surface area contributed by atoms with E-state index in [9.17, 15) is 4.79 Å². The lowest BCUT2D eigenvalue weighted by molar-refractivity contribution is 0.0701. The molecule has 2 rings (SSSR count). The highest BCUT2D eigenvalue weighted by molar-refractivity contribution is 5.95. The van der Waals surface area contributed by atoms with E-state index < -0.39 is 0 Å². The highest BCUT2D eigenvalue weighted by Crippen LogP contribution is 2.17. The van der Waals surface area contributed by atoms with Gasteiger partial charge >= 0.3 is 0 Å². The molecule has 1 aromatic heterocycles. The van der Waals surface area contributed by atoms with E-state index in [1.54, 1.807) is 13.3 Å². The third kappa shape index (κ3) is 4.10. The number of benzene rings is 1. The van der Waals surface area contributed by atoms with E-state index in [4.69, 9.17) is 4.74 Å². The number of aromatic nitrogens is 2. The molecule has 1 heterocycles. The molecule has 128 valence electrons. The van der Waals surface area contributed by atoms with Crippen molar-refractivity contribution >= 4 is 5.91 Å². The number of methoxy groups -OCH3 is 1. The first kappa shape index (κ1) is 17.9. The Morgan fingerprint density at radius 1 is 1.25 bits per heavy atom. The van der Waals surface area contributed by atoms with E-state index in [1.807, 2.05) is 49.9 Å². The van der Waals surface area contributed by atoms with Crippen LogP contribution in [0.25, 0.3) is 0 Å². The number of carbonyl (C=O) groups excluding carboxylic acids is 1. The Morgan fingerprint density at radius 3 is 2.46 bits per heavy atom. The van der Waals surface area contributed by atoms with E-state index in [1.165, 1.54) is 5.56 Å². The summed E-state index contributed by atoms with van der Waals surface area (Å²) in [7, 11) is 1.65. The van der Waals surface area contributed by atoms with E-state index in [-0.39, 0.29) is 11.9 Å². The van der Waals surface area contributed by atoms with Crippen molar-refractivity contribution in [3.05, 3.63) is 53.1 Å². The molecule has 0 aliphatic carbocycles. The van der Waals surface area contributed by atoms with Crippen molar-refractivity contribution in [1.29, 1.82) is 0 Å². The minimum atomic E-state index is -0.0176. The molecule has 24 heavy (non-hydrogen) atoms. The molecule has 0 spiro atoms. The maximum Gasteiger partial charge on any atom is 0.257 e. The molecule has 5 heteroatoms. The number of likely N-dealkylation sites (N-methyl/N-ethyl adjacent to an activating group) is 1. The first-order chi connectivity index (χ1) is 11.5. The van der Waals surface area contributed by atoms with Crippen LogP contribution in [0.1, 0.15) is 41.3 Å². The van der Waals surface area contributed by atoms with E-state index in [0.717, 1.165) is 17.9 Å². The Hall–Kier alpha value is -2.43. The molecule has 0 N–H and O–H groups in total. The summed E-state index contributed by atoms with van der Waals surface area (Å²) in [5.74, 6) is 1.50. The normalized spacial score (nSPS) is 11.9. The largest absolute Gasteiger partial charge is 0.497 e. The molecule has 0 aliphatic rings. The lowest BCUT2D eigenvalue weighted by Gasteiger charge is -2.28. The predicted molar refractivity (Wildman–Crippen MR) is 94.4 cm³/mol. The number of hydrogen-bond donors (Lipinski definition) is 0. The van der Waals surface area contributed by atoms with Gasteiger partial charge in [-0.3, -0.25) is 4.79 Å². The average Bonchev–Trinajstić information content (AvgIpc) is 2.56. The van der Waals surface area contributed by atoms with Crippen molar-refractivity contribution in [2.45, 2.75) is 40.2 Å². The predicted octanol–water partition coefficient (Wildman–Crippen LogP) is 3.20. The second kappa shape index (κ2) is 7.90. The fraction of sp³-hybridized carbons (Fsp3) is 0.421. The molecule has 0 radical (unpaired) electrons. The zero-order valence-corrected chi connectivity index (χ0v) is 15.0. The smallest absolute Gasteiger partial charge is 0.257 e. The van der Waals surface area contributed by atoms with Gasteiger partial charge in [0.1, 0.15) is 11.6 Å². The summed E-state index contributed by atoms with van der Waals surface area (Å²) in [6, 6.07) is 8.04. The van der Waals surface area contributed by atoms with Crippen LogP contribution in [0.3, 0.4) is 0 Å². The van der Waals surface area contributed by atoms with E-state index in [2.05, 4.69) is 16.9 Å². The molecule has 0 saturated heterocycles. The van der Waals surface area contributed by atoms with Crippen LogP contribution in [0.5, 0.6) is 5.75 Å². The maximum atomic E-state index is 12.9. The van der Waals surface area contributed by atoms with Gasteiger partial charge in [-0.1, -0.05) is 12.1 Å². The quantitative estimate of drug-likeness (QED) is 0.817. The maximum absolute atomic E-state index is 12.9. The molecule has 2 aromatic rings. The van der Waals surface area contributed by atoms with Gasteiger partial charge in [-0.2, -0.15) is 0 Å². The zero-order chi connectivity index (χ0) is 17.7. The molecular formula is C19H25N3O2. The summed E-state index contributed by atoms with van der Waals surface area (Å²) in [5.41, 5.74) is 2.47. The van der Waals surface area contributed by atoms with Gasteiger partial charge in [0.15, 0.2) is 0 Å². The number of nitrogens with zero attached hydrogens (tertiary/aromatic N) is 3. The summed E-state index contributed by atoms with van der Waals surface area (Å²) < 4.78 is 5.18. The van der Waals surface area contributed by atoms with Crippen molar-refractivity contribution in [1.82, 2.24) is 14.9 Å². The van der Waals surface area contributed by atoms with Crippen LogP contribution in [0, 0.1) is 13.8 Å². The topological polar surface area (TPSA) is 55.3 Å². The van der Waals surface area contributed by atoms with Gasteiger partial charge in [-0.25, -0.2) is 9.97 Å². The SMILES string of the molecule is CCN(C(=O)c1cnc(C)nc1C)C(C)Cc1ccc(OC)cc1. The first-order valence-corrected chi connectivity index (χ1v) is 8.20. The Bertz CT molecular complexity index is 698. The van der Waals surface area contributed by atoms with Gasteiger partial charge < -0.3 is 9.64 Å². The summed E-state index contributed by atoms with van der Waals surface area (Å²) in [5, 5.41) is 0. The number of hydrogen-bond acceptors (Lipinski definition) is 4. The molecule has 0 fully saturated rings. The van der Waals surface area contributed by atoms with Crippen LogP contribution >= 0.6 is 0 Å². The minimum absolute atomic E-state index is 0.0176. The second-order valence-electron chi connectivity index (χ2n) is 5.91. The van der Waals surface area contributed by atoms with Crippen LogP contribution in [-0.2, 0) is 6.42 Å². The van der Waals surface area contributed by atoms with Crippen molar-refractivity contribution in [2.75, 3.05) is 13.7 Å². The molecule has 1 unspecified atom stereocenters. The molecule has 0 bridgehead atoms. The van der Waals surface area contributed by atoms with Crippen LogP contribution in [-0.4, -0.2) is 40.5 Å². The lowest BCUT2D eigenvalue weighted by Crippen LogP contribution is -2.40. The molecule has 0 saturated carbocycles. The van der Waals surface area contributed by atoms with Crippen LogP contribution in [0.2, 0.25) is 0 Å². The molecule has 1 aromatic carbocycles. The lowest BCUT2D eigenvalue weighted by atomic mass is 10.0. The minimum Gasteiger partial charge on any atom is -0.497 e. The summed E-state index contributed by atoms with van der Waals surface area (Å²) in [4.78, 5) is 23.2. The van der Waals surface area contributed by atoms with E-state index >= 15 is 0 Å². The van der Waals surface area contributed by atoms with Crippen LogP contribution in [0.4, 0.5) is 0 Å². The standard InChI is InChI=1S/C19H25N3O2/c1-6-22(19(23)18-12-20-15(4)21-14(18)3)13(2)11-16-7-9-17(24-5)10-8-16/h7-10,12-13H,6,11H2,1-5H3. The molecule has 5 nitrogen and oxygen atoms in total. The highest BCUT2D eigenvalue weighted by Gasteiger charge is 2.22. The Balaban J connectivity index is 2.14. The third-order valence-electron chi connectivity index (χ3n) is 4.15. The highest BCUT2D eigenvalue weighted by atomic mass is 16.5. The summed E-state index contributed by atoms with van der Waals surface area (Å²) in [6.07, 6.45) is 2.41. The van der Waals surface area contributed by atoms with Gasteiger partial charge in [0.05, 0.1) is 18.4 Å². The molecular weight excluding hydrogens is 302 g/mol. The molecule has 0 aliphatic heterocycles. The summed E-state index contributed by atoms with van der Waals surface area (Å²) >= 11 is 0. The average molecular weight is 327 g/mol. The van der Waals surface area contributed by atoms with Gasteiger partial charge in [-0.05, 0) is 51.8 Å². The Kier molecular flexibility index (Phi) is 5.90. The molecule has 1 amide bonds. The van der Waals surface area contributed by atoms with Gasteiger partial charge in [0, 0.05) is 18.8 Å². The number of rotatable bonds is 6. The number of carbonyl (C=O) groups is 1. The van der Waals surface area contributed by atoms with Crippen molar-refractivity contribution in [2.24, 2.45) is 0 Å². The monoisotopic (exact) mass is 327 g/mol. The van der Waals surface area contributed by atoms with Crippen LogP contribution in [0.15, 0.2) is 30.5 Å². The third-order valence-corrected chi connectivity index (χ3v) is 4.15. The summed E-state index contributed by atoms with van der Waals surface area (Å²) in [6.45, 7) is 8.38. The van der Waals surface area contributed by atoms with Crippen molar-refractivity contribution in [3.8, 4) is 5.75 Å². The van der Waals surface area contributed by atoms with Crippen molar-refractivity contribution < 1.29 is 9.53 Å². The Labute approximate surface area is 143 Å². The fourth-order valence-electron chi connectivity index (χ4n) is 2.82. The van der Waals surface area contributed by atoms with Gasteiger partial charge in [0.25, 0.3) is 5.91 Å².